The van der Waals surface area contributed by atoms with Crippen LogP contribution in [-0.4, -0.2) is 21.6 Å². The molecule has 2 aliphatic heterocycles. The van der Waals surface area contributed by atoms with Gasteiger partial charge < -0.3 is 10.3 Å². The number of H-pyrrole nitrogens is 1. The second kappa shape index (κ2) is 3.75. The lowest BCUT2D eigenvalue weighted by atomic mass is 9.78. The lowest BCUT2D eigenvalue weighted by Gasteiger charge is -2.33. The summed E-state index contributed by atoms with van der Waals surface area (Å²) in [5.74, 6) is 0.434. The Kier molecular flexibility index (Phi) is 2.09. The maximum Gasteiger partial charge on any atom is 0.253 e. The highest BCUT2D eigenvalue weighted by Crippen LogP contribution is 2.67. The van der Waals surface area contributed by atoms with Crippen molar-refractivity contribution in [3.05, 3.63) is 34.3 Å². The summed E-state index contributed by atoms with van der Waals surface area (Å²) < 4.78 is 0. The van der Waals surface area contributed by atoms with Crippen molar-refractivity contribution >= 4 is 22.7 Å². The molecule has 1 unspecified atom stereocenters. The first-order valence-electron chi connectivity index (χ1n) is 8.62. The number of amides is 1. The molecule has 5 aliphatic rings. The van der Waals surface area contributed by atoms with Crippen LogP contribution in [0.2, 0.25) is 0 Å². The Bertz CT molecular complexity index is 839. The molecular formula is C18H18ClN3O. The molecule has 2 saturated carbocycles. The molecule has 1 amide bonds. The van der Waals surface area contributed by atoms with Crippen molar-refractivity contribution in [2.75, 3.05) is 0 Å². The molecule has 1 aromatic heterocycles. The van der Waals surface area contributed by atoms with E-state index in [1.807, 2.05) is 6.20 Å². The van der Waals surface area contributed by atoms with E-state index in [4.69, 9.17) is 11.6 Å². The van der Waals surface area contributed by atoms with Crippen molar-refractivity contribution in [3.8, 4) is 0 Å². The van der Waals surface area contributed by atoms with Crippen molar-refractivity contribution in [2.45, 2.75) is 61.8 Å². The molecule has 23 heavy (non-hydrogen) atoms. The van der Waals surface area contributed by atoms with Crippen LogP contribution >= 0.6 is 11.6 Å². The quantitative estimate of drug-likeness (QED) is 0.755. The van der Waals surface area contributed by atoms with Gasteiger partial charge in [0.25, 0.3) is 5.91 Å². The molecule has 2 N–H and O–H groups in total. The predicted molar refractivity (Wildman–Crippen MR) is 88.2 cm³/mol. The van der Waals surface area contributed by atoms with Gasteiger partial charge in [0, 0.05) is 35.3 Å². The van der Waals surface area contributed by atoms with E-state index in [0.29, 0.717) is 5.17 Å². The predicted octanol–water partition coefficient (Wildman–Crippen LogP) is 3.28. The van der Waals surface area contributed by atoms with Crippen LogP contribution in [0.25, 0.3) is 0 Å². The monoisotopic (exact) mass is 327 g/mol. The van der Waals surface area contributed by atoms with Gasteiger partial charge in [-0.05, 0) is 49.7 Å². The number of carbonyl (C=O) groups is 1. The third-order valence-electron chi connectivity index (χ3n) is 6.81. The molecule has 0 radical (unpaired) electrons. The first kappa shape index (κ1) is 12.8. The number of aromatic amines is 1. The number of carbonyl (C=O) groups excluding carboxylic acids is 1. The van der Waals surface area contributed by atoms with E-state index in [1.165, 1.54) is 35.4 Å². The molecule has 1 aromatic rings. The molecule has 6 rings (SSSR count). The summed E-state index contributed by atoms with van der Waals surface area (Å²) in [4.78, 5) is 20.8. The smallest absolute Gasteiger partial charge is 0.253 e. The highest BCUT2D eigenvalue weighted by molar-refractivity contribution is 6.65. The number of aromatic nitrogens is 1. The number of hydrogen-bond donors (Lipinski definition) is 2. The number of halogens is 1. The summed E-state index contributed by atoms with van der Waals surface area (Å²) >= 11 is 6.19. The largest absolute Gasteiger partial charge is 0.360 e. The first-order valence-corrected chi connectivity index (χ1v) is 9.00. The van der Waals surface area contributed by atoms with E-state index in [0.717, 1.165) is 37.7 Å². The zero-order valence-electron chi connectivity index (χ0n) is 12.8. The van der Waals surface area contributed by atoms with Gasteiger partial charge in [0.05, 0.1) is 11.1 Å². The van der Waals surface area contributed by atoms with Crippen LogP contribution < -0.4 is 5.32 Å². The van der Waals surface area contributed by atoms with Crippen LogP contribution in [-0.2, 0) is 11.8 Å². The maximum atomic E-state index is 12.8. The summed E-state index contributed by atoms with van der Waals surface area (Å²) in [6.45, 7) is 0. The molecule has 0 aromatic carbocycles. The Balaban J connectivity index is 1.56. The zero-order chi connectivity index (χ0) is 15.4. The molecule has 4 nitrogen and oxygen atoms in total. The van der Waals surface area contributed by atoms with Gasteiger partial charge in [-0.25, -0.2) is 4.99 Å². The topological polar surface area (TPSA) is 57.2 Å². The molecule has 118 valence electrons. The Morgan fingerprint density at radius 3 is 2.78 bits per heavy atom. The molecule has 2 fully saturated rings. The standard InChI is InChI=1S/C18H18ClN3O/c19-12-7-11-9(8-20-12)1-2-10-13-15(21-14(10)11)17(3-4-17)18(5-6-18)22-16(13)23/h8,11,21H,1-7H2,(H,22,23). The van der Waals surface area contributed by atoms with Gasteiger partial charge in [-0.15, -0.1) is 0 Å². The molecular weight excluding hydrogens is 310 g/mol. The van der Waals surface area contributed by atoms with Gasteiger partial charge in [0.2, 0.25) is 0 Å². The van der Waals surface area contributed by atoms with E-state index >= 15 is 0 Å². The number of nitrogens with zero attached hydrogens (tertiary/aromatic N) is 1. The average Bonchev–Trinajstić information content (AvgIpc) is 3.43. The van der Waals surface area contributed by atoms with Crippen molar-refractivity contribution in [2.24, 2.45) is 4.99 Å². The number of rotatable bonds is 0. The van der Waals surface area contributed by atoms with Crippen LogP contribution in [0, 0.1) is 0 Å². The molecule has 0 saturated heterocycles. The Labute approximate surface area is 139 Å². The van der Waals surface area contributed by atoms with Gasteiger partial charge in [-0.1, -0.05) is 11.6 Å². The van der Waals surface area contributed by atoms with E-state index in [9.17, 15) is 4.79 Å². The fraction of sp³-hybridized carbons (Fsp3) is 0.556. The molecule has 0 bridgehead atoms. The summed E-state index contributed by atoms with van der Waals surface area (Å²) in [5, 5.41) is 4.04. The van der Waals surface area contributed by atoms with Crippen molar-refractivity contribution in [1.82, 2.24) is 10.3 Å². The summed E-state index contributed by atoms with van der Waals surface area (Å²) in [6, 6.07) is 0. The molecule has 2 spiro atoms. The lowest BCUT2D eigenvalue weighted by Crippen LogP contribution is -2.51. The second-order valence-electron chi connectivity index (χ2n) is 7.85. The van der Waals surface area contributed by atoms with Gasteiger partial charge in [-0.3, -0.25) is 4.79 Å². The number of aliphatic imine (C=N–C) groups is 1. The van der Waals surface area contributed by atoms with Crippen LogP contribution in [0.4, 0.5) is 0 Å². The fourth-order valence-corrected chi connectivity index (χ4v) is 5.54. The van der Waals surface area contributed by atoms with Crippen LogP contribution in [0.3, 0.4) is 0 Å². The van der Waals surface area contributed by atoms with E-state index < -0.39 is 0 Å². The highest BCUT2D eigenvalue weighted by atomic mass is 35.5. The Morgan fingerprint density at radius 2 is 2.04 bits per heavy atom. The van der Waals surface area contributed by atoms with Crippen LogP contribution in [0.1, 0.15) is 71.8 Å². The van der Waals surface area contributed by atoms with Gasteiger partial charge in [-0.2, -0.15) is 0 Å². The Hall–Kier alpha value is -1.55. The minimum Gasteiger partial charge on any atom is -0.360 e. The fourth-order valence-electron chi connectivity index (χ4n) is 5.34. The molecule has 3 aliphatic carbocycles. The SMILES string of the molecule is O=C1NC2(CC2)C2(CC2)c2[nH]c3c(c21)CCC1=CN=C(Cl)CC13. The van der Waals surface area contributed by atoms with E-state index in [-0.39, 0.29) is 22.8 Å². The van der Waals surface area contributed by atoms with Crippen LogP contribution in [0.15, 0.2) is 16.8 Å². The number of fused-ring (bicyclic) bond motifs is 7. The van der Waals surface area contributed by atoms with E-state index in [2.05, 4.69) is 15.3 Å². The van der Waals surface area contributed by atoms with Crippen molar-refractivity contribution < 1.29 is 4.79 Å². The highest BCUT2D eigenvalue weighted by Gasteiger charge is 2.70. The van der Waals surface area contributed by atoms with E-state index in [1.54, 1.807) is 0 Å². The third-order valence-corrected chi connectivity index (χ3v) is 7.07. The molecule has 3 heterocycles. The summed E-state index contributed by atoms with van der Waals surface area (Å²) in [6.07, 6.45) is 9.30. The number of allylic oxidation sites excluding steroid dienone is 1. The Morgan fingerprint density at radius 1 is 1.22 bits per heavy atom. The average molecular weight is 328 g/mol. The second-order valence-corrected chi connectivity index (χ2v) is 8.29. The molecule has 5 heteroatoms. The van der Waals surface area contributed by atoms with Gasteiger partial charge in [0.15, 0.2) is 0 Å². The maximum absolute atomic E-state index is 12.8. The minimum absolute atomic E-state index is 0.0644. The number of hydrogen-bond acceptors (Lipinski definition) is 2. The lowest BCUT2D eigenvalue weighted by molar-refractivity contribution is 0.0898. The van der Waals surface area contributed by atoms with Crippen molar-refractivity contribution in [1.29, 1.82) is 0 Å². The normalized spacial score (nSPS) is 30.8. The van der Waals surface area contributed by atoms with Crippen molar-refractivity contribution in [3.63, 3.8) is 0 Å². The van der Waals surface area contributed by atoms with Gasteiger partial charge >= 0.3 is 0 Å². The zero-order valence-corrected chi connectivity index (χ0v) is 13.6. The summed E-state index contributed by atoms with van der Waals surface area (Å²) in [5.41, 5.74) is 6.30. The third kappa shape index (κ3) is 1.40. The minimum atomic E-state index is 0.0644. The van der Waals surface area contributed by atoms with Gasteiger partial charge in [0.1, 0.15) is 5.17 Å². The number of nitrogens with one attached hydrogen (secondary N) is 2. The first-order chi connectivity index (χ1) is 11.1. The van der Waals surface area contributed by atoms with Crippen LogP contribution in [0.5, 0.6) is 0 Å². The summed E-state index contributed by atoms with van der Waals surface area (Å²) in [7, 11) is 0. The molecule has 1 atom stereocenters.